The molecule has 2 aromatic carbocycles. The van der Waals surface area contributed by atoms with Crippen molar-refractivity contribution >= 4 is 5.97 Å². The molecule has 0 aliphatic heterocycles. The van der Waals surface area contributed by atoms with E-state index >= 15 is 0 Å². The number of quaternary nitrogens is 1. The molecule has 4 heteroatoms. The van der Waals surface area contributed by atoms with Crippen LogP contribution in [-0.2, 0) is 28.3 Å². The van der Waals surface area contributed by atoms with E-state index in [4.69, 9.17) is 5.11 Å². The molecule has 0 heterocycles. The molecule has 0 radical (unpaired) electrons. The molecule has 2 aromatic rings. The summed E-state index contributed by atoms with van der Waals surface area (Å²) in [6.45, 7) is 15.0. The zero-order valence-corrected chi connectivity index (χ0v) is 25.7. The Balaban J connectivity index is 0. The summed E-state index contributed by atoms with van der Waals surface area (Å²) in [4.78, 5) is 10.2. The van der Waals surface area contributed by atoms with Crippen LogP contribution in [0.15, 0.2) is 54.6 Å². The Hall–Kier alpha value is -1.35. The molecule has 0 fully saturated rings. The fourth-order valence-electron chi connectivity index (χ4n) is 4.51. The molecule has 1 N–H and O–H groups in total. The Morgan fingerprint density at radius 1 is 0.676 bits per heavy atom. The van der Waals surface area contributed by atoms with Crippen molar-refractivity contribution in [3.63, 3.8) is 0 Å². The normalized spacial score (nSPS) is 10.5. The van der Waals surface area contributed by atoms with Gasteiger partial charge in [0.1, 0.15) is 0 Å². The quantitative estimate of drug-likeness (QED) is 0.0810. The van der Waals surface area contributed by atoms with Crippen LogP contribution in [0.1, 0.15) is 117 Å². The van der Waals surface area contributed by atoms with E-state index in [9.17, 15) is 4.79 Å². The number of aryl methyl sites for hydroxylation is 1. The number of carboxylic acids is 1. The van der Waals surface area contributed by atoms with Gasteiger partial charge in [0.05, 0.1) is 26.2 Å². The van der Waals surface area contributed by atoms with Crippen LogP contribution in [0.4, 0.5) is 0 Å². The summed E-state index contributed by atoms with van der Waals surface area (Å²) in [5, 5.41) is 8.42. The van der Waals surface area contributed by atoms with Crippen molar-refractivity contribution in [3.8, 4) is 0 Å². The van der Waals surface area contributed by atoms with Gasteiger partial charge in [-0.2, -0.15) is 35.9 Å². The second-order valence-electron chi connectivity index (χ2n) is 10.2. The Morgan fingerprint density at radius 3 is 1.46 bits per heavy atom. The molecule has 0 aliphatic carbocycles. The second kappa shape index (κ2) is 27.7. The molecule has 37 heavy (non-hydrogen) atoms. The predicted octanol–water partition coefficient (Wildman–Crippen LogP) is 9.39. The SMILES string of the molecule is CCCC[N+](CCCC)(CCCC)CCCC.O=C(O)CCCCCC[c-]1cccc1.[Fe].c1cc[cH-]c1. The molecular weight excluding hydrogens is 498 g/mol. The average molecular weight is 557 g/mol. The van der Waals surface area contributed by atoms with Crippen LogP contribution in [0.5, 0.6) is 0 Å². The molecule has 0 saturated carbocycles. The van der Waals surface area contributed by atoms with Gasteiger partial charge in [-0.05, 0) is 32.1 Å². The topological polar surface area (TPSA) is 37.3 Å². The molecule has 0 unspecified atom stereocenters. The predicted molar refractivity (Wildman–Crippen MR) is 158 cm³/mol. The van der Waals surface area contributed by atoms with Crippen molar-refractivity contribution in [1.82, 2.24) is 0 Å². The summed E-state index contributed by atoms with van der Waals surface area (Å²) < 4.78 is 1.42. The van der Waals surface area contributed by atoms with Gasteiger partial charge in [0.25, 0.3) is 0 Å². The third-order valence-corrected chi connectivity index (χ3v) is 6.84. The molecule has 0 spiro atoms. The molecule has 0 saturated heterocycles. The zero-order valence-electron chi connectivity index (χ0n) is 24.6. The first-order valence-corrected chi connectivity index (χ1v) is 15.0. The standard InChI is InChI=1S/C16H36N.C12H17O2.C5H5.Fe/c1-5-9-13-17(14-10-6-2,15-11-7-3)16-12-8-4;13-12(14)10-4-2-1-3-7-11-8-5-6-9-11;1-2-4-5-3-1;/h5-16H2,1-4H3;5-6,8-9H,1-4,7,10H2,(H,13,14);1-5H;/q+1;2*-1;. The summed E-state index contributed by atoms with van der Waals surface area (Å²) in [5.41, 5.74) is 1.39. The van der Waals surface area contributed by atoms with Crippen LogP contribution in [0.3, 0.4) is 0 Å². The van der Waals surface area contributed by atoms with Crippen molar-refractivity contribution in [3.05, 3.63) is 60.2 Å². The molecule has 216 valence electrons. The van der Waals surface area contributed by atoms with E-state index < -0.39 is 5.97 Å². The van der Waals surface area contributed by atoms with E-state index in [1.54, 1.807) is 0 Å². The maximum atomic E-state index is 10.2. The first-order chi connectivity index (χ1) is 17.5. The molecule has 0 atom stereocenters. The minimum atomic E-state index is -0.680. The number of nitrogens with zero attached hydrogens (tertiary/aromatic N) is 1. The first-order valence-electron chi connectivity index (χ1n) is 15.0. The van der Waals surface area contributed by atoms with Gasteiger partial charge in [0, 0.05) is 23.5 Å². The number of rotatable bonds is 19. The van der Waals surface area contributed by atoms with Gasteiger partial charge in [0.2, 0.25) is 0 Å². The summed E-state index contributed by atoms with van der Waals surface area (Å²) in [6, 6.07) is 18.4. The van der Waals surface area contributed by atoms with Crippen LogP contribution < -0.4 is 0 Å². The Labute approximate surface area is 240 Å². The maximum absolute atomic E-state index is 10.2. The average Bonchev–Trinajstić information content (AvgIpc) is 3.63. The van der Waals surface area contributed by atoms with E-state index in [2.05, 4.69) is 52.0 Å². The minimum absolute atomic E-state index is 0. The maximum Gasteiger partial charge on any atom is 0.303 e. The Kier molecular flexibility index (Phi) is 28.3. The van der Waals surface area contributed by atoms with Crippen molar-refractivity contribution in [2.24, 2.45) is 0 Å². The summed E-state index contributed by atoms with van der Waals surface area (Å²) in [6.07, 6.45) is 16.7. The van der Waals surface area contributed by atoms with E-state index in [1.807, 2.05) is 30.3 Å². The summed E-state index contributed by atoms with van der Waals surface area (Å²) in [7, 11) is 0. The van der Waals surface area contributed by atoms with Crippen LogP contribution in [0, 0.1) is 0 Å². The smallest absolute Gasteiger partial charge is 0.303 e. The van der Waals surface area contributed by atoms with Gasteiger partial charge in [0.15, 0.2) is 0 Å². The molecule has 0 amide bonds. The fourth-order valence-corrected chi connectivity index (χ4v) is 4.51. The number of hydrogen-bond acceptors (Lipinski definition) is 1. The van der Waals surface area contributed by atoms with Crippen molar-refractivity contribution in [1.29, 1.82) is 0 Å². The molecule has 0 aliphatic rings. The van der Waals surface area contributed by atoms with Crippen LogP contribution >= 0.6 is 0 Å². The van der Waals surface area contributed by atoms with Crippen LogP contribution in [-0.4, -0.2) is 41.7 Å². The summed E-state index contributed by atoms with van der Waals surface area (Å²) in [5.74, 6) is -0.680. The van der Waals surface area contributed by atoms with Crippen molar-refractivity contribution in [2.45, 2.75) is 118 Å². The Bertz CT molecular complexity index is 612. The third-order valence-electron chi connectivity index (χ3n) is 6.84. The molecule has 3 nitrogen and oxygen atoms in total. The van der Waals surface area contributed by atoms with Gasteiger partial charge in [-0.3, -0.25) is 4.79 Å². The fraction of sp³-hybridized carbons (Fsp3) is 0.667. The number of aliphatic carboxylic acids is 1. The van der Waals surface area contributed by atoms with E-state index in [1.165, 1.54) is 94.0 Å². The number of carbonyl (C=O) groups is 1. The van der Waals surface area contributed by atoms with E-state index in [0.717, 1.165) is 25.7 Å². The zero-order chi connectivity index (χ0) is 26.7. The van der Waals surface area contributed by atoms with Crippen LogP contribution in [0.25, 0.3) is 0 Å². The summed E-state index contributed by atoms with van der Waals surface area (Å²) >= 11 is 0. The third kappa shape index (κ3) is 23.5. The van der Waals surface area contributed by atoms with Gasteiger partial charge in [-0.15, -0.1) is 0 Å². The monoisotopic (exact) mass is 556 g/mol. The van der Waals surface area contributed by atoms with Crippen LogP contribution in [0.2, 0.25) is 0 Å². The van der Waals surface area contributed by atoms with Gasteiger partial charge < -0.3 is 9.59 Å². The van der Waals surface area contributed by atoms with Gasteiger partial charge >= 0.3 is 5.97 Å². The van der Waals surface area contributed by atoms with Crippen molar-refractivity contribution < 1.29 is 31.5 Å². The molecule has 2 rings (SSSR count). The van der Waals surface area contributed by atoms with Gasteiger partial charge in [-0.1, -0.05) is 79.1 Å². The van der Waals surface area contributed by atoms with E-state index in [0.29, 0.717) is 6.42 Å². The minimum Gasteiger partial charge on any atom is -0.481 e. The van der Waals surface area contributed by atoms with Gasteiger partial charge in [-0.25, -0.2) is 24.3 Å². The second-order valence-corrected chi connectivity index (χ2v) is 10.2. The molecule has 0 aromatic heterocycles. The number of hydrogen-bond donors (Lipinski definition) is 1. The first kappa shape index (κ1) is 37.8. The number of carboxylic acid groups (broad SMARTS) is 1. The van der Waals surface area contributed by atoms with Crippen molar-refractivity contribution in [2.75, 3.05) is 26.2 Å². The molecule has 0 bridgehead atoms. The van der Waals surface area contributed by atoms with E-state index in [-0.39, 0.29) is 17.1 Å². The molecular formula is C33H58FeNO2-. The largest absolute Gasteiger partial charge is 0.481 e. The number of unbranched alkanes of at least 4 members (excludes halogenated alkanes) is 7. The Morgan fingerprint density at radius 2 is 1.11 bits per heavy atom.